The predicted octanol–water partition coefficient (Wildman–Crippen LogP) is 3.21. The third-order valence-corrected chi connectivity index (χ3v) is 2.46. The summed E-state index contributed by atoms with van der Waals surface area (Å²) in [5.41, 5.74) is 1.92. The number of halogens is 1. The second-order valence-electron chi connectivity index (χ2n) is 3.03. The van der Waals surface area contributed by atoms with Gasteiger partial charge in [0.05, 0.1) is 11.2 Å². The molecule has 1 heterocycles. The monoisotopic (exact) mass is 220 g/mol. The van der Waals surface area contributed by atoms with E-state index in [0.29, 0.717) is 5.03 Å². The van der Waals surface area contributed by atoms with Gasteiger partial charge in [-0.1, -0.05) is 35.0 Å². The third-order valence-electron chi connectivity index (χ3n) is 2.13. The Hall–Kier alpha value is -1.74. The van der Waals surface area contributed by atoms with Crippen LogP contribution in [0.5, 0.6) is 0 Å². The largest absolute Gasteiger partial charge is 0.411 e. The zero-order chi connectivity index (χ0) is 10.7. The van der Waals surface area contributed by atoms with Gasteiger partial charge < -0.3 is 10.2 Å². The van der Waals surface area contributed by atoms with Gasteiger partial charge in [-0.3, -0.25) is 0 Å². The molecule has 0 aliphatic carbocycles. The van der Waals surface area contributed by atoms with Gasteiger partial charge in [-0.05, 0) is 12.1 Å². The van der Waals surface area contributed by atoms with E-state index in [2.05, 4.69) is 10.1 Å². The first-order valence-corrected chi connectivity index (χ1v) is 4.80. The van der Waals surface area contributed by atoms with Crippen LogP contribution in [0.4, 0.5) is 0 Å². The summed E-state index contributed by atoms with van der Waals surface area (Å²) >= 11 is 6.04. The summed E-state index contributed by atoms with van der Waals surface area (Å²) < 4.78 is 0. The molecule has 0 saturated heterocycles. The summed E-state index contributed by atoms with van der Waals surface area (Å²) in [5, 5.41) is 12.7. The summed E-state index contributed by atoms with van der Waals surface area (Å²) in [6.45, 7) is 0. The van der Waals surface area contributed by atoms with E-state index in [1.807, 2.05) is 30.5 Å². The minimum Gasteiger partial charge on any atom is -0.411 e. The Morgan fingerprint density at radius 3 is 3.00 bits per heavy atom. The average molecular weight is 221 g/mol. The number of benzene rings is 1. The number of fused-ring (bicyclic) bond motifs is 1. The topological polar surface area (TPSA) is 48.4 Å². The van der Waals surface area contributed by atoms with Crippen molar-refractivity contribution in [3.63, 3.8) is 0 Å². The molecule has 2 aromatic rings. The fourth-order valence-corrected chi connectivity index (χ4v) is 1.67. The van der Waals surface area contributed by atoms with Gasteiger partial charge in [-0.15, -0.1) is 0 Å². The molecule has 15 heavy (non-hydrogen) atoms. The van der Waals surface area contributed by atoms with Crippen LogP contribution in [0.25, 0.3) is 15.9 Å². The lowest BCUT2D eigenvalue weighted by atomic mass is 10.1. The van der Waals surface area contributed by atoms with Crippen molar-refractivity contribution >= 4 is 33.8 Å². The molecule has 0 spiro atoms. The van der Waals surface area contributed by atoms with Crippen LogP contribution in [0.3, 0.4) is 0 Å². The first kappa shape index (κ1) is 9.80. The first-order valence-electron chi connectivity index (χ1n) is 4.42. The highest BCUT2D eigenvalue weighted by Gasteiger charge is 2.04. The van der Waals surface area contributed by atoms with Crippen molar-refractivity contribution in [2.75, 3.05) is 0 Å². The first-order chi connectivity index (χ1) is 7.33. The van der Waals surface area contributed by atoms with Crippen LogP contribution in [-0.4, -0.2) is 16.4 Å². The molecule has 3 nitrogen and oxygen atoms in total. The van der Waals surface area contributed by atoms with Crippen LogP contribution in [-0.2, 0) is 0 Å². The van der Waals surface area contributed by atoms with Crippen LogP contribution >= 0.6 is 11.6 Å². The lowest BCUT2D eigenvalue weighted by Gasteiger charge is -1.94. The van der Waals surface area contributed by atoms with E-state index < -0.39 is 0 Å². The molecule has 2 N–H and O–H groups in total. The van der Waals surface area contributed by atoms with Crippen LogP contribution in [0, 0.1) is 0 Å². The van der Waals surface area contributed by atoms with Crippen LogP contribution in [0.15, 0.2) is 41.7 Å². The van der Waals surface area contributed by atoms with Gasteiger partial charge in [-0.2, -0.15) is 0 Å². The Bertz CT molecular complexity index is 528. The number of aromatic amines is 1. The molecule has 4 heteroatoms. The zero-order valence-electron chi connectivity index (χ0n) is 7.81. The van der Waals surface area contributed by atoms with E-state index in [0.717, 1.165) is 16.5 Å². The molecule has 1 aromatic heterocycles. The number of H-pyrrole nitrogens is 1. The number of para-hydroxylation sites is 1. The summed E-state index contributed by atoms with van der Waals surface area (Å²) in [7, 11) is 0. The fourth-order valence-electron chi connectivity index (χ4n) is 1.46. The fraction of sp³-hybridized carbons (Fsp3) is 0. The predicted molar refractivity (Wildman–Crippen MR) is 62.4 cm³/mol. The van der Waals surface area contributed by atoms with Gasteiger partial charge in [0, 0.05) is 22.7 Å². The van der Waals surface area contributed by atoms with Crippen LogP contribution < -0.4 is 0 Å². The number of allylic oxidation sites excluding steroid dienone is 1. The lowest BCUT2D eigenvalue weighted by molar-refractivity contribution is 0.322. The number of oxime groups is 1. The van der Waals surface area contributed by atoms with E-state index in [1.54, 1.807) is 0 Å². The highest BCUT2D eigenvalue weighted by atomic mass is 35.5. The minimum atomic E-state index is 0.533. The summed E-state index contributed by atoms with van der Waals surface area (Å²) in [5.74, 6) is 0. The second-order valence-corrected chi connectivity index (χ2v) is 3.43. The number of aromatic nitrogens is 1. The smallest absolute Gasteiger partial charge is 0.0676 e. The molecule has 0 amide bonds. The van der Waals surface area contributed by atoms with Gasteiger partial charge in [0.1, 0.15) is 0 Å². The Kier molecular flexibility index (Phi) is 2.74. The molecule has 0 saturated carbocycles. The Morgan fingerprint density at radius 2 is 2.20 bits per heavy atom. The maximum atomic E-state index is 8.28. The van der Waals surface area contributed by atoms with E-state index in [1.165, 1.54) is 12.3 Å². The van der Waals surface area contributed by atoms with Gasteiger partial charge in [-0.25, -0.2) is 0 Å². The Labute approximate surface area is 91.7 Å². The molecule has 0 radical (unpaired) electrons. The number of rotatable bonds is 2. The summed E-state index contributed by atoms with van der Waals surface area (Å²) in [6.07, 6.45) is 4.61. The number of nitrogens with zero attached hydrogens (tertiary/aromatic N) is 1. The van der Waals surface area contributed by atoms with Crippen LogP contribution in [0.1, 0.15) is 5.56 Å². The van der Waals surface area contributed by atoms with Crippen molar-refractivity contribution in [3.05, 3.63) is 42.1 Å². The maximum absolute atomic E-state index is 8.28. The number of hydrogen-bond donors (Lipinski definition) is 2. The SMILES string of the molecule is ON=CC=C(Cl)c1c[nH]c2ccccc12. The van der Waals surface area contributed by atoms with Gasteiger partial charge in [0.2, 0.25) is 0 Å². The molecule has 76 valence electrons. The van der Waals surface area contributed by atoms with Crippen molar-refractivity contribution < 1.29 is 5.21 Å². The van der Waals surface area contributed by atoms with Crippen molar-refractivity contribution in [3.8, 4) is 0 Å². The van der Waals surface area contributed by atoms with E-state index in [4.69, 9.17) is 16.8 Å². The molecular formula is C11H9ClN2O. The summed E-state index contributed by atoms with van der Waals surface area (Å²) in [6, 6.07) is 7.86. The number of nitrogens with one attached hydrogen (secondary N) is 1. The van der Waals surface area contributed by atoms with Crippen LogP contribution in [0.2, 0.25) is 0 Å². The molecule has 1 aromatic carbocycles. The molecule has 0 aliphatic rings. The Morgan fingerprint density at radius 1 is 1.40 bits per heavy atom. The lowest BCUT2D eigenvalue weighted by Crippen LogP contribution is -1.74. The molecule has 0 bridgehead atoms. The van der Waals surface area contributed by atoms with Gasteiger partial charge in [0.25, 0.3) is 0 Å². The van der Waals surface area contributed by atoms with Crippen molar-refractivity contribution in [2.45, 2.75) is 0 Å². The summed E-state index contributed by atoms with van der Waals surface area (Å²) in [4.78, 5) is 3.11. The third kappa shape index (κ3) is 1.87. The van der Waals surface area contributed by atoms with E-state index in [9.17, 15) is 0 Å². The molecule has 2 rings (SSSR count). The van der Waals surface area contributed by atoms with Crippen molar-refractivity contribution in [1.29, 1.82) is 0 Å². The minimum absolute atomic E-state index is 0.533. The number of hydrogen-bond acceptors (Lipinski definition) is 2. The molecule has 0 unspecified atom stereocenters. The average Bonchev–Trinajstić information content (AvgIpc) is 2.69. The van der Waals surface area contributed by atoms with Gasteiger partial charge >= 0.3 is 0 Å². The molecular weight excluding hydrogens is 212 g/mol. The maximum Gasteiger partial charge on any atom is 0.0676 e. The normalized spacial score (nSPS) is 12.7. The second kappa shape index (κ2) is 4.19. The molecule has 0 aliphatic heterocycles. The van der Waals surface area contributed by atoms with Crippen molar-refractivity contribution in [2.24, 2.45) is 5.16 Å². The highest BCUT2D eigenvalue weighted by Crippen LogP contribution is 2.26. The highest BCUT2D eigenvalue weighted by molar-refractivity contribution is 6.50. The quantitative estimate of drug-likeness (QED) is 0.456. The van der Waals surface area contributed by atoms with E-state index >= 15 is 0 Å². The van der Waals surface area contributed by atoms with Crippen molar-refractivity contribution in [1.82, 2.24) is 4.98 Å². The van der Waals surface area contributed by atoms with Gasteiger partial charge in [0.15, 0.2) is 0 Å². The molecule has 0 fully saturated rings. The molecule has 0 atom stereocenters. The van der Waals surface area contributed by atoms with E-state index in [-0.39, 0.29) is 0 Å². The Balaban J connectivity index is 2.52. The zero-order valence-corrected chi connectivity index (χ0v) is 8.57. The standard InChI is InChI=1S/C11H9ClN2O/c12-10(5-6-14-15)9-7-13-11-4-2-1-3-8(9)11/h1-7,13,15H.